The van der Waals surface area contributed by atoms with Crippen LogP contribution in [0.3, 0.4) is 0 Å². The average molecular weight is 342 g/mol. The molecule has 4 nitrogen and oxygen atoms in total. The van der Waals surface area contributed by atoms with Crippen molar-refractivity contribution in [3.63, 3.8) is 0 Å². The third-order valence-electron chi connectivity index (χ3n) is 2.65. The van der Waals surface area contributed by atoms with Gasteiger partial charge >= 0.3 is 0 Å². The van der Waals surface area contributed by atoms with E-state index in [1.54, 1.807) is 6.07 Å². The first-order valence-corrected chi connectivity index (χ1v) is 7.27. The smallest absolute Gasteiger partial charge is 0.294 e. The zero-order valence-corrected chi connectivity index (χ0v) is 13.2. The lowest BCUT2D eigenvalue weighted by atomic mass is 10.2. The lowest BCUT2D eigenvalue weighted by Crippen LogP contribution is -2.28. The summed E-state index contributed by atoms with van der Waals surface area (Å²) >= 11 is 12.8. The molecule has 21 heavy (non-hydrogen) atoms. The Morgan fingerprint density at radius 2 is 2.14 bits per heavy atom. The summed E-state index contributed by atoms with van der Waals surface area (Å²) in [4.78, 5) is 25.0. The second kappa shape index (κ2) is 6.44. The second-order valence-electron chi connectivity index (χ2n) is 3.98. The molecule has 1 saturated heterocycles. The molecule has 0 atom stereocenters. The highest BCUT2D eigenvalue weighted by molar-refractivity contribution is 8.18. The van der Waals surface area contributed by atoms with Crippen LogP contribution in [-0.2, 0) is 4.79 Å². The number of terminal acetylenes is 1. The Morgan fingerprint density at radius 3 is 2.76 bits per heavy atom. The van der Waals surface area contributed by atoms with Crippen LogP contribution in [0.1, 0.15) is 5.56 Å². The van der Waals surface area contributed by atoms with Crippen LogP contribution in [0.4, 0.5) is 4.79 Å². The van der Waals surface area contributed by atoms with Crippen molar-refractivity contribution in [3.8, 4) is 18.1 Å². The van der Waals surface area contributed by atoms with Crippen molar-refractivity contribution in [3.05, 3.63) is 32.6 Å². The van der Waals surface area contributed by atoms with Crippen molar-refractivity contribution in [2.45, 2.75) is 0 Å². The van der Waals surface area contributed by atoms with Crippen molar-refractivity contribution >= 4 is 52.2 Å². The van der Waals surface area contributed by atoms with Crippen LogP contribution >= 0.6 is 35.0 Å². The third kappa shape index (κ3) is 3.18. The number of rotatable bonds is 3. The van der Waals surface area contributed by atoms with Crippen molar-refractivity contribution in [2.24, 2.45) is 0 Å². The van der Waals surface area contributed by atoms with E-state index < -0.39 is 11.1 Å². The fourth-order valence-electron chi connectivity index (χ4n) is 1.77. The predicted octanol–water partition coefficient (Wildman–Crippen LogP) is 3.67. The molecule has 108 valence electrons. The Hall–Kier alpha value is -1.61. The highest BCUT2D eigenvalue weighted by Gasteiger charge is 2.34. The molecule has 1 heterocycles. The van der Waals surface area contributed by atoms with Crippen molar-refractivity contribution in [1.82, 2.24) is 4.90 Å². The molecule has 1 fully saturated rings. The first kappa shape index (κ1) is 15.8. The zero-order chi connectivity index (χ0) is 15.6. The number of hydrogen-bond acceptors (Lipinski definition) is 4. The molecule has 1 aliphatic heterocycles. The standard InChI is InChI=1S/C14H9Cl2NO3S/c1-3-4-17-13(18)11(21-14(17)19)6-8-5-9(15)7-10(16)12(8)20-2/h1,5-7H,4H2,2H3. The predicted molar refractivity (Wildman–Crippen MR) is 84.5 cm³/mol. The molecule has 0 aromatic heterocycles. The molecule has 0 spiro atoms. The van der Waals surface area contributed by atoms with Crippen LogP contribution in [0.2, 0.25) is 10.0 Å². The lowest BCUT2D eigenvalue weighted by Gasteiger charge is -2.09. The SMILES string of the molecule is C#CCN1C(=O)SC(=Cc2cc(Cl)cc(Cl)c2OC)C1=O. The summed E-state index contributed by atoms with van der Waals surface area (Å²) in [5.41, 5.74) is 0.515. The van der Waals surface area contributed by atoms with Crippen molar-refractivity contribution in [1.29, 1.82) is 0 Å². The zero-order valence-electron chi connectivity index (χ0n) is 10.9. The van der Waals surface area contributed by atoms with Gasteiger partial charge in [0.15, 0.2) is 0 Å². The van der Waals surface area contributed by atoms with Gasteiger partial charge in [-0.25, -0.2) is 0 Å². The molecule has 0 radical (unpaired) electrons. The van der Waals surface area contributed by atoms with E-state index in [0.29, 0.717) is 21.4 Å². The molecule has 1 aromatic rings. The number of carbonyl (C=O) groups is 2. The van der Waals surface area contributed by atoms with Crippen LogP contribution in [0, 0.1) is 12.3 Å². The van der Waals surface area contributed by atoms with E-state index in [0.717, 1.165) is 16.7 Å². The first-order chi connectivity index (χ1) is 9.97. The molecule has 0 bridgehead atoms. The topological polar surface area (TPSA) is 46.6 Å². The monoisotopic (exact) mass is 341 g/mol. The average Bonchev–Trinajstić information content (AvgIpc) is 2.66. The van der Waals surface area contributed by atoms with Gasteiger partial charge in [-0.3, -0.25) is 14.5 Å². The van der Waals surface area contributed by atoms with Gasteiger partial charge in [-0.15, -0.1) is 6.42 Å². The molecule has 1 aliphatic rings. The van der Waals surface area contributed by atoms with Crippen molar-refractivity contribution in [2.75, 3.05) is 13.7 Å². The van der Waals surface area contributed by atoms with E-state index in [-0.39, 0.29) is 11.4 Å². The highest BCUT2D eigenvalue weighted by Crippen LogP contribution is 2.37. The Kier molecular flexibility index (Phi) is 4.84. The van der Waals surface area contributed by atoms with Gasteiger partial charge in [0.05, 0.1) is 23.6 Å². The van der Waals surface area contributed by atoms with Gasteiger partial charge in [-0.2, -0.15) is 0 Å². The number of methoxy groups -OCH3 is 1. The summed E-state index contributed by atoms with van der Waals surface area (Å²) < 4.78 is 5.19. The van der Waals surface area contributed by atoms with Crippen LogP contribution in [0.5, 0.6) is 5.75 Å². The number of benzene rings is 1. The number of nitrogens with zero attached hydrogens (tertiary/aromatic N) is 1. The van der Waals surface area contributed by atoms with Gasteiger partial charge in [0.25, 0.3) is 11.1 Å². The van der Waals surface area contributed by atoms with Crippen LogP contribution in [0.25, 0.3) is 6.08 Å². The van der Waals surface area contributed by atoms with Gasteiger partial charge in [0.1, 0.15) is 5.75 Å². The van der Waals surface area contributed by atoms with E-state index in [9.17, 15) is 9.59 Å². The van der Waals surface area contributed by atoms with E-state index in [4.69, 9.17) is 34.4 Å². The van der Waals surface area contributed by atoms with Crippen LogP contribution in [-0.4, -0.2) is 29.7 Å². The van der Waals surface area contributed by atoms with E-state index in [1.165, 1.54) is 19.3 Å². The molecule has 2 amide bonds. The number of hydrogen-bond donors (Lipinski definition) is 0. The Labute approximate surface area is 136 Å². The maximum Gasteiger partial charge on any atom is 0.294 e. The molecule has 0 aliphatic carbocycles. The number of amides is 2. The number of halogens is 2. The maximum absolute atomic E-state index is 12.1. The summed E-state index contributed by atoms with van der Waals surface area (Å²) in [5, 5.41) is 0.310. The van der Waals surface area contributed by atoms with Gasteiger partial charge < -0.3 is 4.74 Å². The first-order valence-electron chi connectivity index (χ1n) is 5.69. The fraction of sp³-hybridized carbons (Fsp3) is 0.143. The summed E-state index contributed by atoms with van der Waals surface area (Å²) in [6.07, 6.45) is 6.65. The fourth-order valence-corrected chi connectivity index (χ4v) is 3.19. The van der Waals surface area contributed by atoms with Gasteiger partial charge in [-0.1, -0.05) is 29.1 Å². The molecular weight excluding hydrogens is 333 g/mol. The maximum atomic E-state index is 12.1. The summed E-state index contributed by atoms with van der Waals surface area (Å²) in [7, 11) is 1.45. The minimum Gasteiger partial charge on any atom is -0.495 e. The Morgan fingerprint density at radius 1 is 1.43 bits per heavy atom. The van der Waals surface area contributed by atoms with Crippen LogP contribution in [0.15, 0.2) is 17.0 Å². The number of ether oxygens (including phenoxy) is 1. The second-order valence-corrected chi connectivity index (χ2v) is 5.82. The van der Waals surface area contributed by atoms with Gasteiger partial charge in [-0.05, 0) is 30.0 Å². The Bertz CT molecular complexity index is 694. The molecule has 2 rings (SSSR count). The van der Waals surface area contributed by atoms with E-state index >= 15 is 0 Å². The van der Waals surface area contributed by atoms with Gasteiger partial charge in [0, 0.05) is 10.6 Å². The normalized spacial score (nSPS) is 16.5. The molecule has 0 saturated carbocycles. The van der Waals surface area contributed by atoms with Crippen molar-refractivity contribution < 1.29 is 14.3 Å². The molecule has 7 heteroatoms. The largest absolute Gasteiger partial charge is 0.495 e. The lowest BCUT2D eigenvalue weighted by molar-refractivity contribution is -0.122. The van der Waals surface area contributed by atoms with Crippen LogP contribution < -0.4 is 4.74 Å². The minimum atomic E-state index is -0.443. The minimum absolute atomic E-state index is 0.0601. The highest BCUT2D eigenvalue weighted by atomic mass is 35.5. The Balaban J connectivity index is 2.44. The summed E-state index contributed by atoms with van der Waals surface area (Å²) in [6.45, 7) is -0.0601. The quantitative estimate of drug-likeness (QED) is 0.621. The van der Waals surface area contributed by atoms with Gasteiger partial charge in [0.2, 0.25) is 0 Å². The summed E-state index contributed by atoms with van der Waals surface area (Å²) in [6, 6.07) is 3.13. The van der Waals surface area contributed by atoms with E-state index in [2.05, 4.69) is 5.92 Å². The molecule has 1 aromatic carbocycles. The number of imide groups is 1. The van der Waals surface area contributed by atoms with E-state index in [1.807, 2.05) is 0 Å². The number of carbonyl (C=O) groups excluding carboxylic acids is 2. The summed E-state index contributed by atoms with van der Waals surface area (Å²) in [5.74, 6) is 2.21. The number of thioether (sulfide) groups is 1. The molecule has 0 N–H and O–H groups in total. The molecular formula is C14H9Cl2NO3S. The molecule has 0 unspecified atom stereocenters. The third-order valence-corrected chi connectivity index (χ3v) is 4.06.